The van der Waals surface area contributed by atoms with E-state index in [1.54, 1.807) is 0 Å². The van der Waals surface area contributed by atoms with Crippen LogP contribution in [-0.2, 0) is 22.6 Å². The molecule has 0 aliphatic carbocycles. The fourth-order valence-corrected chi connectivity index (χ4v) is 4.50. The molecule has 7 heteroatoms. The van der Waals surface area contributed by atoms with E-state index in [0.29, 0.717) is 18.6 Å². The van der Waals surface area contributed by atoms with E-state index in [0.717, 1.165) is 35.4 Å². The number of nitrogens with one attached hydrogen (secondary N) is 1. The SMILES string of the molecule is O=C(O)C1=NN2C(=O)C(CCCc3ccccc3)=C(c3ccc(OCc4ccccc4)cc3)N[C@H]2C1. The molecule has 2 aliphatic heterocycles. The lowest BCUT2D eigenvalue weighted by Crippen LogP contribution is -2.48. The van der Waals surface area contributed by atoms with Crippen molar-refractivity contribution in [1.29, 1.82) is 0 Å². The maximum Gasteiger partial charge on any atom is 0.352 e. The first-order valence-electron chi connectivity index (χ1n) is 12.0. The summed E-state index contributed by atoms with van der Waals surface area (Å²) in [5.74, 6) is -0.622. The van der Waals surface area contributed by atoms with Gasteiger partial charge in [-0.25, -0.2) is 9.80 Å². The first kappa shape index (κ1) is 23.4. The van der Waals surface area contributed by atoms with Crippen molar-refractivity contribution in [3.8, 4) is 5.75 Å². The molecule has 3 aromatic carbocycles. The van der Waals surface area contributed by atoms with Gasteiger partial charge in [0.05, 0.1) is 5.70 Å². The number of aryl methyl sites for hydroxylation is 1. The van der Waals surface area contributed by atoms with E-state index < -0.39 is 12.1 Å². The van der Waals surface area contributed by atoms with Gasteiger partial charge in [0, 0.05) is 12.0 Å². The van der Waals surface area contributed by atoms with Crippen LogP contribution in [0.3, 0.4) is 0 Å². The minimum Gasteiger partial charge on any atom is -0.489 e. The summed E-state index contributed by atoms with van der Waals surface area (Å²) >= 11 is 0. The Labute approximate surface area is 209 Å². The lowest BCUT2D eigenvalue weighted by atomic mass is 9.96. The summed E-state index contributed by atoms with van der Waals surface area (Å²) in [7, 11) is 0. The molecule has 1 amide bonds. The zero-order chi connectivity index (χ0) is 24.9. The summed E-state index contributed by atoms with van der Waals surface area (Å²) in [5.41, 5.74) is 4.46. The Kier molecular flexibility index (Phi) is 6.80. The summed E-state index contributed by atoms with van der Waals surface area (Å²) in [4.78, 5) is 24.9. The Balaban J connectivity index is 1.36. The summed E-state index contributed by atoms with van der Waals surface area (Å²) in [6, 6.07) is 27.7. The van der Waals surface area contributed by atoms with Crippen LogP contribution in [-0.4, -0.2) is 33.9 Å². The topological polar surface area (TPSA) is 91.2 Å². The number of nitrogens with zero attached hydrogens (tertiary/aromatic N) is 2. The number of rotatable bonds is 9. The molecule has 0 aromatic heterocycles. The number of amides is 1. The van der Waals surface area contributed by atoms with Crippen LogP contribution in [0.5, 0.6) is 5.75 Å². The van der Waals surface area contributed by atoms with Crippen molar-refractivity contribution in [2.24, 2.45) is 5.10 Å². The van der Waals surface area contributed by atoms with Crippen molar-refractivity contribution in [2.75, 3.05) is 0 Å². The Bertz CT molecular complexity index is 1300. The van der Waals surface area contributed by atoms with E-state index in [4.69, 9.17) is 4.74 Å². The summed E-state index contributed by atoms with van der Waals surface area (Å²) in [6.07, 6.45) is 1.81. The molecule has 2 aliphatic rings. The van der Waals surface area contributed by atoms with E-state index >= 15 is 0 Å². The molecule has 36 heavy (non-hydrogen) atoms. The molecule has 0 radical (unpaired) electrons. The fraction of sp³-hybridized carbons (Fsp3) is 0.207. The number of hydrogen-bond donors (Lipinski definition) is 2. The molecule has 0 bridgehead atoms. The van der Waals surface area contributed by atoms with E-state index in [1.807, 2.05) is 72.8 Å². The highest BCUT2D eigenvalue weighted by Gasteiger charge is 2.40. The molecular weight excluding hydrogens is 454 g/mol. The van der Waals surface area contributed by atoms with Crippen LogP contribution < -0.4 is 10.1 Å². The number of fused-ring (bicyclic) bond motifs is 1. The highest BCUT2D eigenvalue weighted by atomic mass is 16.5. The largest absolute Gasteiger partial charge is 0.489 e. The van der Waals surface area contributed by atoms with Crippen molar-refractivity contribution >= 4 is 23.3 Å². The second kappa shape index (κ2) is 10.5. The van der Waals surface area contributed by atoms with Gasteiger partial charge in [0.25, 0.3) is 5.91 Å². The molecule has 0 spiro atoms. The number of carboxylic acids is 1. The van der Waals surface area contributed by atoms with Gasteiger partial charge in [-0.3, -0.25) is 4.79 Å². The Hall–Kier alpha value is -4.39. The highest BCUT2D eigenvalue weighted by molar-refractivity contribution is 6.36. The predicted octanol–water partition coefficient (Wildman–Crippen LogP) is 4.60. The van der Waals surface area contributed by atoms with Crippen LogP contribution in [0, 0.1) is 0 Å². The van der Waals surface area contributed by atoms with E-state index in [9.17, 15) is 14.7 Å². The van der Waals surface area contributed by atoms with Gasteiger partial charge in [0.2, 0.25) is 0 Å². The van der Waals surface area contributed by atoms with Gasteiger partial charge in [-0.15, -0.1) is 0 Å². The van der Waals surface area contributed by atoms with Crippen molar-refractivity contribution in [3.63, 3.8) is 0 Å². The summed E-state index contributed by atoms with van der Waals surface area (Å²) in [6.45, 7) is 0.469. The third-order valence-corrected chi connectivity index (χ3v) is 6.36. The van der Waals surface area contributed by atoms with Crippen molar-refractivity contribution < 1.29 is 19.4 Å². The van der Waals surface area contributed by atoms with Crippen LogP contribution in [0.2, 0.25) is 0 Å². The number of ether oxygens (including phenoxy) is 1. The maximum atomic E-state index is 13.4. The lowest BCUT2D eigenvalue weighted by Gasteiger charge is -2.32. The highest BCUT2D eigenvalue weighted by Crippen LogP contribution is 2.32. The van der Waals surface area contributed by atoms with Gasteiger partial charge in [-0.05, 0) is 60.2 Å². The smallest absolute Gasteiger partial charge is 0.352 e. The first-order valence-corrected chi connectivity index (χ1v) is 12.0. The number of hydrazone groups is 1. The van der Waals surface area contributed by atoms with E-state index in [-0.39, 0.29) is 18.0 Å². The Morgan fingerprint density at radius 2 is 1.61 bits per heavy atom. The number of hydrogen-bond acceptors (Lipinski definition) is 5. The normalized spacial score (nSPS) is 16.9. The van der Waals surface area contributed by atoms with Crippen molar-refractivity contribution in [1.82, 2.24) is 10.3 Å². The second-order valence-corrected chi connectivity index (χ2v) is 8.86. The number of carbonyl (C=O) groups excluding carboxylic acids is 1. The first-order chi connectivity index (χ1) is 17.6. The van der Waals surface area contributed by atoms with Crippen LogP contribution in [0.4, 0.5) is 0 Å². The zero-order valence-corrected chi connectivity index (χ0v) is 19.8. The van der Waals surface area contributed by atoms with Crippen LogP contribution in [0.15, 0.2) is 95.6 Å². The third-order valence-electron chi connectivity index (χ3n) is 6.36. The quantitative estimate of drug-likeness (QED) is 0.466. The van der Waals surface area contributed by atoms with Gasteiger partial charge < -0.3 is 15.2 Å². The number of benzene rings is 3. The molecule has 0 saturated heterocycles. The zero-order valence-electron chi connectivity index (χ0n) is 19.8. The van der Waals surface area contributed by atoms with Gasteiger partial charge in [-0.2, -0.15) is 5.10 Å². The standard InChI is InChI=1S/C29H27N3O4/c33-28-24(13-7-12-20-8-3-1-4-9-20)27(30-26-18-25(29(34)35)31-32(26)28)22-14-16-23(17-15-22)36-19-21-10-5-2-6-11-21/h1-6,8-11,14-17,26,30H,7,12-13,18-19H2,(H,34,35)/t26-/m1/s1. The molecule has 0 fully saturated rings. The van der Waals surface area contributed by atoms with Gasteiger partial charge >= 0.3 is 5.97 Å². The molecule has 0 unspecified atom stereocenters. The molecule has 1 atom stereocenters. The second-order valence-electron chi connectivity index (χ2n) is 8.86. The Morgan fingerprint density at radius 1 is 0.944 bits per heavy atom. The monoisotopic (exact) mass is 481 g/mol. The average molecular weight is 482 g/mol. The van der Waals surface area contributed by atoms with Gasteiger partial charge in [0.15, 0.2) is 0 Å². The van der Waals surface area contributed by atoms with Crippen LogP contribution in [0.25, 0.3) is 5.70 Å². The molecule has 0 saturated carbocycles. The fourth-order valence-electron chi connectivity index (χ4n) is 4.50. The minimum atomic E-state index is -1.11. The number of aliphatic carboxylic acids is 1. The van der Waals surface area contributed by atoms with Crippen LogP contribution >= 0.6 is 0 Å². The Morgan fingerprint density at radius 3 is 2.28 bits per heavy atom. The van der Waals surface area contributed by atoms with Crippen molar-refractivity contribution in [2.45, 2.75) is 38.5 Å². The number of carbonyl (C=O) groups is 2. The predicted molar refractivity (Wildman–Crippen MR) is 137 cm³/mol. The summed E-state index contributed by atoms with van der Waals surface area (Å²) in [5, 5.41) is 18.2. The van der Waals surface area contributed by atoms with Gasteiger partial charge in [-0.1, -0.05) is 60.7 Å². The van der Waals surface area contributed by atoms with Gasteiger partial charge in [0.1, 0.15) is 24.2 Å². The van der Waals surface area contributed by atoms with E-state index in [1.165, 1.54) is 10.6 Å². The lowest BCUT2D eigenvalue weighted by molar-refractivity contribution is -0.130. The third kappa shape index (κ3) is 5.15. The molecule has 7 nitrogen and oxygen atoms in total. The molecule has 2 N–H and O–H groups in total. The van der Waals surface area contributed by atoms with Crippen molar-refractivity contribution in [3.05, 3.63) is 107 Å². The molecule has 3 aromatic rings. The molecule has 2 heterocycles. The summed E-state index contributed by atoms with van der Waals surface area (Å²) < 4.78 is 5.91. The van der Waals surface area contributed by atoms with Crippen LogP contribution in [0.1, 0.15) is 36.0 Å². The molecular formula is C29H27N3O4. The minimum absolute atomic E-state index is 0.0182. The molecule has 5 rings (SSSR count). The molecule has 182 valence electrons. The van der Waals surface area contributed by atoms with E-state index in [2.05, 4.69) is 22.6 Å². The maximum absolute atomic E-state index is 13.4. The number of carboxylic acid groups (broad SMARTS) is 1. The average Bonchev–Trinajstić information content (AvgIpc) is 3.35.